The molecule has 5 rings (SSSR count). The summed E-state index contributed by atoms with van der Waals surface area (Å²) in [6, 6.07) is 15.3. The van der Waals surface area contributed by atoms with Gasteiger partial charge in [0.15, 0.2) is 0 Å². The number of thiazole rings is 1. The monoisotopic (exact) mass is 363 g/mol. The minimum atomic E-state index is 0.945. The molecule has 4 aromatic rings. The SMILES string of the molecule is COc1ccc2c(c1)CCc1cc(-c3nc4cc(C)ccc4s3)sc1-2. The van der Waals surface area contributed by atoms with Gasteiger partial charge in [0.05, 0.1) is 22.2 Å². The maximum atomic E-state index is 5.38. The minimum Gasteiger partial charge on any atom is -0.497 e. The van der Waals surface area contributed by atoms with E-state index in [1.807, 2.05) is 11.3 Å². The average molecular weight is 364 g/mol. The lowest BCUT2D eigenvalue weighted by Gasteiger charge is -2.16. The van der Waals surface area contributed by atoms with Crippen LogP contribution in [0.3, 0.4) is 0 Å². The van der Waals surface area contributed by atoms with E-state index in [0.717, 1.165) is 29.1 Å². The average Bonchev–Trinajstić information content (AvgIpc) is 3.24. The molecule has 0 aliphatic heterocycles. The molecular weight excluding hydrogens is 346 g/mol. The van der Waals surface area contributed by atoms with Crippen LogP contribution in [0.4, 0.5) is 0 Å². The van der Waals surface area contributed by atoms with Gasteiger partial charge in [0.2, 0.25) is 0 Å². The molecule has 0 N–H and O–H groups in total. The summed E-state index contributed by atoms with van der Waals surface area (Å²) < 4.78 is 6.64. The van der Waals surface area contributed by atoms with Gasteiger partial charge in [0.1, 0.15) is 10.8 Å². The molecule has 1 aliphatic rings. The predicted molar refractivity (Wildman–Crippen MR) is 107 cm³/mol. The fourth-order valence-corrected chi connectivity index (χ4v) is 5.75. The van der Waals surface area contributed by atoms with Crippen LogP contribution in [0.1, 0.15) is 16.7 Å². The zero-order chi connectivity index (χ0) is 17.0. The first-order valence-corrected chi connectivity index (χ1v) is 10.0. The molecule has 0 amide bonds. The third-order valence-corrected chi connectivity index (χ3v) is 7.20. The summed E-state index contributed by atoms with van der Waals surface area (Å²) in [5.41, 5.74) is 6.57. The van der Waals surface area contributed by atoms with E-state index >= 15 is 0 Å². The van der Waals surface area contributed by atoms with Crippen molar-refractivity contribution in [2.24, 2.45) is 0 Å². The first-order valence-electron chi connectivity index (χ1n) is 8.39. The fraction of sp³-hybridized carbons (Fsp3) is 0.190. The van der Waals surface area contributed by atoms with Gasteiger partial charge in [-0.25, -0.2) is 4.98 Å². The largest absolute Gasteiger partial charge is 0.497 e. The van der Waals surface area contributed by atoms with Gasteiger partial charge >= 0.3 is 0 Å². The quantitative estimate of drug-likeness (QED) is 0.429. The minimum absolute atomic E-state index is 0.945. The molecule has 25 heavy (non-hydrogen) atoms. The molecule has 0 fully saturated rings. The molecule has 0 bridgehead atoms. The molecule has 0 spiro atoms. The maximum Gasteiger partial charge on any atom is 0.134 e. The number of fused-ring (bicyclic) bond motifs is 4. The van der Waals surface area contributed by atoms with Crippen LogP contribution < -0.4 is 4.74 Å². The van der Waals surface area contributed by atoms with E-state index in [9.17, 15) is 0 Å². The summed E-state index contributed by atoms with van der Waals surface area (Å²) in [4.78, 5) is 7.56. The predicted octanol–water partition coefficient (Wildman–Crippen LogP) is 6.11. The number of aryl methyl sites for hydroxylation is 3. The Morgan fingerprint density at radius 3 is 2.72 bits per heavy atom. The van der Waals surface area contributed by atoms with Gasteiger partial charge in [-0.1, -0.05) is 6.07 Å². The molecule has 0 unspecified atom stereocenters. The molecule has 0 radical (unpaired) electrons. The molecule has 0 saturated carbocycles. The number of nitrogens with zero attached hydrogens (tertiary/aromatic N) is 1. The van der Waals surface area contributed by atoms with Crippen molar-refractivity contribution in [1.29, 1.82) is 0 Å². The van der Waals surface area contributed by atoms with Crippen molar-refractivity contribution in [3.8, 4) is 26.1 Å². The molecule has 2 nitrogen and oxygen atoms in total. The third kappa shape index (κ3) is 2.48. The van der Waals surface area contributed by atoms with Crippen LogP contribution in [-0.4, -0.2) is 12.1 Å². The van der Waals surface area contributed by atoms with Crippen LogP contribution in [-0.2, 0) is 12.8 Å². The molecule has 2 aromatic carbocycles. The lowest BCUT2D eigenvalue weighted by atomic mass is 9.91. The highest BCUT2D eigenvalue weighted by Crippen LogP contribution is 2.45. The Hall–Kier alpha value is -2.17. The first-order chi connectivity index (χ1) is 12.2. The summed E-state index contributed by atoms with van der Waals surface area (Å²) in [7, 11) is 1.73. The van der Waals surface area contributed by atoms with E-state index in [1.54, 1.807) is 18.4 Å². The van der Waals surface area contributed by atoms with Crippen LogP contribution in [0.2, 0.25) is 0 Å². The second-order valence-electron chi connectivity index (χ2n) is 6.48. The van der Waals surface area contributed by atoms with E-state index in [0.29, 0.717) is 0 Å². The number of rotatable bonds is 2. The number of aromatic nitrogens is 1. The highest BCUT2D eigenvalue weighted by molar-refractivity contribution is 7.26. The maximum absolute atomic E-state index is 5.38. The Bertz CT molecular complexity index is 1110. The van der Waals surface area contributed by atoms with Gasteiger partial charge < -0.3 is 4.74 Å². The lowest BCUT2D eigenvalue weighted by molar-refractivity contribution is 0.414. The number of hydrogen-bond acceptors (Lipinski definition) is 4. The topological polar surface area (TPSA) is 22.1 Å². The number of methoxy groups -OCH3 is 1. The van der Waals surface area contributed by atoms with Gasteiger partial charge in [0.25, 0.3) is 0 Å². The molecule has 2 aromatic heterocycles. The Morgan fingerprint density at radius 1 is 0.960 bits per heavy atom. The van der Waals surface area contributed by atoms with Gasteiger partial charge in [-0.15, -0.1) is 22.7 Å². The van der Waals surface area contributed by atoms with Crippen molar-refractivity contribution in [2.45, 2.75) is 19.8 Å². The highest BCUT2D eigenvalue weighted by atomic mass is 32.1. The van der Waals surface area contributed by atoms with Gasteiger partial charge in [-0.2, -0.15) is 0 Å². The second kappa shape index (κ2) is 5.68. The number of benzene rings is 2. The smallest absolute Gasteiger partial charge is 0.134 e. The molecule has 2 heterocycles. The molecule has 0 saturated heterocycles. The normalized spacial score (nSPS) is 12.9. The zero-order valence-electron chi connectivity index (χ0n) is 14.1. The van der Waals surface area contributed by atoms with Crippen LogP contribution in [0, 0.1) is 6.92 Å². The van der Waals surface area contributed by atoms with Crippen molar-refractivity contribution in [2.75, 3.05) is 7.11 Å². The van der Waals surface area contributed by atoms with Crippen molar-refractivity contribution >= 4 is 32.9 Å². The van der Waals surface area contributed by atoms with Gasteiger partial charge in [-0.05, 0) is 78.4 Å². The summed E-state index contributed by atoms with van der Waals surface area (Å²) in [6.45, 7) is 2.12. The zero-order valence-corrected chi connectivity index (χ0v) is 15.8. The summed E-state index contributed by atoms with van der Waals surface area (Å²) in [5, 5.41) is 1.13. The number of ether oxygens (including phenoxy) is 1. The Balaban J connectivity index is 1.62. The van der Waals surface area contributed by atoms with Gasteiger partial charge in [-0.3, -0.25) is 0 Å². The first kappa shape index (κ1) is 15.1. The van der Waals surface area contributed by atoms with Gasteiger partial charge in [0, 0.05) is 4.88 Å². The Labute approximate surface area is 154 Å². The number of thiophene rings is 1. The van der Waals surface area contributed by atoms with Crippen molar-refractivity contribution in [3.63, 3.8) is 0 Å². The standard InChI is InChI=1S/C21H17NOS2/c1-12-3-8-18-17(9-12)22-21(25-18)19-11-14-5-4-13-10-15(23-2)6-7-16(13)20(14)24-19/h3,6-11H,4-5H2,1-2H3. The second-order valence-corrected chi connectivity index (χ2v) is 8.56. The fourth-order valence-electron chi connectivity index (χ4n) is 3.49. The van der Waals surface area contributed by atoms with Crippen LogP contribution >= 0.6 is 22.7 Å². The van der Waals surface area contributed by atoms with E-state index < -0.39 is 0 Å². The highest BCUT2D eigenvalue weighted by Gasteiger charge is 2.21. The van der Waals surface area contributed by atoms with Crippen molar-refractivity contribution < 1.29 is 4.74 Å². The lowest BCUT2D eigenvalue weighted by Crippen LogP contribution is -2.01. The van der Waals surface area contributed by atoms with Crippen LogP contribution in [0.15, 0.2) is 42.5 Å². The van der Waals surface area contributed by atoms with Crippen molar-refractivity contribution in [3.05, 3.63) is 59.2 Å². The molecule has 124 valence electrons. The van der Waals surface area contributed by atoms with Crippen LogP contribution in [0.5, 0.6) is 5.75 Å². The molecule has 4 heteroatoms. The summed E-state index contributed by atoms with van der Waals surface area (Å²) >= 11 is 3.66. The Kier molecular flexibility index (Phi) is 3.43. The van der Waals surface area contributed by atoms with E-state index in [4.69, 9.17) is 9.72 Å². The molecular formula is C21H17NOS2. The molecule has 1 aliphatic carbocycles. The van der Waals surface area contributed by atoms with E-state index in [2.05, 4.69) is 49.4 Å². The third-order valence-electron chi connectivity index (χ3n) is 4.78. The summed E-state index contributed by atoms with van der Waals surface area (Å²) in [5.74, 6) is 0.945. The van der Waals surface area contributed by atoms with E-state index in [1.165, 1.54) is 36.7 Å². The molecule has 0 atom stereocenters. The summed E-state index contributed by atoms with van der Waals surface area (Å²) in [6.07, 6.45) is 2.17. The Morgan fingerprint density at radius 2 is 1.84 bits per heavy atom. The van der Waals surface area contributed by atoms with Crippen molar-refractivity contribution in [1.82, 2.24) is 4.98 Å². The van der Waals surface area contributed by atoms with Crippen LogP contribution in [0.25, 0.3) is 30.5 Å². The van der Waals surface area contributed by atoms with E-state index in [-0.39, 0.29) is 0 Å². The number of hydrogen-bond donors (Lipinski definition) is 0.